The Labute approximate surface area is 105 Å². The van der Waals surface area contributed by atoms with Crippen molar-refractivity contribution in [3.05, 3.63) is 53.6 Å². The summed E-state index contributed by atoms with van der Waals surface area (Å²) in [6.07, 6.45) is 5.59. The normalized spacial score (nSPS) is 19.7. The van der Waals surface area contributed by atoms with Gasteiger partial charge in [-0.2, -0.15) is 0 Å². The summed E-state index contributed by atoms with van der Waals surface area (Å²) in [5, 5.41) is -0.702. The third kappa shape index (κ3) is 2.22. The van der Waals surface area contributed by atoms with Crippen molar-refractivity contribution in [2.75, 3.05) is 0 Å². The minimum absolute atomic E-state index is 0.186. The van der Waals surface area contributed by atoms with Gasteiger partial charge in [0.05, 0.1) is 10.1 Å². The Morgan fingerprint density at radius 1 is 1.22 bits per heavy atom. The quantitative estimate of drug-likeness (QED) is 0.774. The average molecular weight is 270 g/mol. The zero-order valence-corrected chi connectivity index (χ0v) is 10.5. The SMILES string of the molecule is CC1=CC=CCC1S(=O)(=O)c1ccc(F)c(F)c1. The first-order chi connectivity index (χ1) is 8.43. The Bertz CT molecular complexity index is 630. The predicted molar refractivity (Wildman–Crippen MR) is 64.8 cm³/mol. The maximum atomic E-state index is 13.1. The highest BCUT2D eigenvalue weighted by atomic mass is 32.2. The fraction of sp³-hybridized carbons (Fsp3) is 0.231. The highest BCUT2D eigenvalue weighted by Gasteiger charge is 2.29. The number of rotatable bonds is 2. The number of benzene rings is 1. The van der Waals surface area contributed by atoms with E-state index in [0.29, 0.717) is 12.0 Å². The third-order valence-electron chi connectivity index (χ3n) is 2.95. The molecule has 0 N–H and O–H groups in total. The predicted octanol–water partition coefficient (Wildman–Crippen LogP) is 3.01. The van der Waals surface area contributed by atoms with Gasteiger partial charge in [0.15, 0.2) is 21.5 Å². The van der Waals surface area contributed by atoms with Crippen molar-refractivity contribution in [3.63, 3.8) is 0 Å². The van der Waals surface area contributed by atoms with Crippen LogP contribution in [0.5, 0.6) is 0 Å². The Balaban J connectivity index is 2.45. The number of halogens is 2. The Morgan fingerprint density at radius 3 is 2.56 bits per heavy atom. The first-order valence-corrected chi connectivity index (χ1v) is 7.00. The molecule has 1 aromatic carbocycles. The van der Waals surface area contributed by atoms with E-state index >= 15 is 0 Å². The number of sulfone groups is 1. The molecule has 2 nitrogen and oxygen atoms in total. The molecule has 1 unspecified atom stereocenters. The molecule has 0 fully saturated rings. The number of hydrogen-bond acceptors (Lipinski definition) is 2. The fourth-order valence-corrected chi connectivity index (χ4v) is 3.69. The fourth-order valence-electron chi connectivity index (χ4n) is 1.90. The average Bonchev–Trinajstić information content (AvgIpc) is 2.33. The molecule has 0 spiro atoms. The van der Waals surface area contributed by atoms with Crippen molar-refractivity contribution in [2.24, 2.45) is 0 Å². The molecule has 1 atom stereocenters. The van der Waals surface area contributed by atoms with Crippen LogP contribution in [-0.4, -0.2) is 13.7 Å². The summed E-state index contributed by atoms with van der Waals surface area (Å²) >= 11 is 0. The molecule has 0 saturated heterocycles. The van der Waals surface area contributed by atoms with E-state index < -0.39 is 26.7 Å². The van der Waals surface area contributed by atoms with Crippen molar-refractivity contribution < 1.29 is 17.2 Å². The van der Waals surface area contributed by atoms with Gasteiger partial charge in [0.25, 0.3) is 0 Å². The zero-order valence-electron chi connectivity index (χ0n) is 9.73. The summed E-state index contributed by atoms with van der Waals surface area (Å²) < 4.78 is 50.5. The van der Waals surface area contributed by atoms with Crippen LogP contribution >= 0.6 is 0 Å². The van der Waals surface area contributed by atoms with E-state index in [1.165, 1.54) is 0 Å². The second kappa shape index (κ2) is 4.65. The van der Waals surface area contributed by atoms with E-state index in [2.05, 4.69) is 0 Å². The summed E-state index contributed by atoms with van der Waals surface area (Å²) in [7, 11) is -3.68. The largest absolute Gasteiger partial charge is 0.223 e. The third-order valence-corrected chi connectivity index (χ3v) is 5.17. The van der Waals surface area contributed by atoms with Gasteiger partial charge >= 0.3 is 0 Å². The van der Waals surface area contributed by atoms with Gasteiger partial charge in [-0.05, 0) is 31.5 Å². The molecular formula is C13H12F2O2S. The van der Waals surface area contributed by atoms with Crippen LogP contribution in [0.15, 0.2) is 46.9 Å². The highest BCUT2D eigenvalue weighted by Crippen LogP contribution is 2.27. The summed E-state index contributed by atoms with van der Waals surface area (Å²) in [4.78, 5) is -0.186. The first kappa shape index (κ1) is 13.0. The van der Waals surface area contributed by atoms with Crippen LogP contribution in [0, 0.1) is 11.6 Å². The lowest BCUT2D eigenvalue weighted by molar-refractivity contribution is 0.504. The molecule has 1 aliphatic rings. The number of allylic oxidation sites excluding steroid dienone is 3. The van der Waals surface area contributed by atoms with E-state index in [1.54, 1.807) is 25.2 Å². The Hall–Kier alpha value is -1.49. The monoisotopic (exact) mass is 270 g/mol. The Kier molecular flexibility index (Phi) is 3.34. The van der Waals surface area contributed by atoms with Crippen LogP contribution in [0.3, 0.4) is 0 Å². The van der Waals surface area contributed by atoms with Crippen molar-refractivity contribution in [1.29, 1.82) is 0 Å². The number of hydrogen-bond donors (Lipinski definition) is 0. The van der Waals surface area contributed by atoms with Crippen LogP contribution in [0.1, 0.15) is 13.3 Å². The van der Waals surface area contributed by atoms with Crippen LogP contribution in [-0.2, 0) is 9.84 Å². The molecular weight excluding hydrogens is 258 g/mol. The van der Waals surface area contributed by atoms with Gasteiger partial charge in [-0.1, -0.05) is 23.8 Å². The summed E-state index contributed by atoms with van der Waals surface area (Å²) in [5.41, 5.74) is 0.697. The lowest BCUT2D eigenvalue weighted by Gasteiger charge is -2.19. The minimum atomic E-state index is -3.68. The molecule has 0 saturated carbocycles. The van der Waals surface area contributed by atoms with Crippen LogP contribution < -0.4 is 0 Å². The van der Waals surface area contributed by atoms with E-state index in [0.717, 1.165) is 18.2 Å². The van der Waals surface area contributed by atoms with Crippen molar-refractivity contribution in [3.8, 4) is 0 Å². The lowest BCUT2D eigenvalue weighted by Crippen LogP contribution is -2.23. The molecule has 0 aliphatic heterocycles. The molecule has 2 rings (SSSR count). The van der Waals surface area contributed by atoms with E-state index in [9.17, 15) is 17.2 Å². The standard InChI is InChI=1S/C13H12F2O2S/c1-9-4-2-3-5-13(9)18(16,17)10-6-7-11(14)12(15)8-10/h2-4,6-8,13H,5H2,1H3. The molecule has 0 radical (unpaired) electrons. The second-order valence-electron chi connectivity index (χ2n) is 4.18. The second-order valence-corrected chi connectivity index (χ2v) is 6.31. The van der Waals surface area contributed by atoms with Gasteiger partial charge in [-0.15, -0.1) is 0 Å². The lowest BCUT2D eigenvalue weighted by atomic mass is 10.1. The zero-order chi connectivity index (χ0) is 13.3. The first-order valence-electron chi connectivity index (χ1n) is 5.45. The van der Waals surface area contributed by atoms with Gasteiger partial charge in [-0.25, -0.2) is 17.2 Å². The maximum absolute atomic E-state index is 13.1. The van der Waals surface area contributed by atoms with Crippen molar-refractivity contribution in [1.82, 2.24) is 0 Å². The molecule has 5 heteroatoms. The van der Waals surface area contributed by atoms with Crippen LogP contribution in [0.4, 0.5) is 8.78 Å². The molecule has 0 aromatic heterocycles. The van der Waals surface area contributed by atoms with E-state index in [-0.39, 0.29) is 4.90 Å². The van der Waals surface area contributed by atoms with E-state index in [4.69, 9.17) is 0 Å². The maximum Gasteiger partial charge on any atom is 0.185 e. The summed E-state index contributed by atoms with van der Waals surface area (Å²) in [6.45, 7) is 1.71. The highest BCUT2D eigenvalue weighted by molar-refractivity contribution is 7.92. The summed E-state index contributed by atoms with van der Waals surface area (Å²) in [6, 6.07) is 2.66. The summed E-state index contributed by atoms with van der Waals surface area (Å²) in [5.74, 6) is -2.20. The Morgan fingerprint density at radius 2 is 1.94 bits per heavy atom. The van der Waals surface area contributed by atoms with Gasteiger partial charge in [0.1, 0.15) is 0 Å². The molecule has 18 heavy (non-hydrogen) atoms. The van der Waals surface area contributed by atoms with Crippen molar-refractivity contribution >= 4 is 9.84 Å². The van der Waals surface area contributed by atoms with Gasteiger partial charge in [-0.3, -0.25) is 0 Å². The molecule has 0 amide bonds. The van der Waals surface area contributed by atoms with Crippen LogP contribution in [0.2, 0.25) is 0 Å². The topological polar surface area (TPSA) is 34.1 Å². The van der Waals surface area contributed by atoms with Crippen molar-refractivity contribution in [2.45, 2.75) is 23.5 Å². The molecule has 1 aliphatic carbocycles. The molecule has 0 bridgehead atoms. The molecule has 0 heterocycles. The van der Waals surface area contributed by atoms with Gasteiger partial charge < -0.3 is 0 Å². The van der Waals surface area contributed by atoms with Gasteiger partial charge in [0, 0.05) is 0 Å². The van der Waals surface area contributed by atoms with E-state index in [1.807, 2.05) is 0 Å². The smallest absolute Gasteiger partial charge is 0.185 e. The van der Waals surface area contributed by atoms with Crippen LogP contribution in [0.25, 0.3) is 0 Å². The minimum Gasteiger partial charge on any atom is -0.223 e. The molecule has 1 aromatic rings. The molecule has 96 valence electrons. The van der Waals surface area contributed by atoms with Gasteiger partial charge in [0.2, 0.25) is 0 Å².